The van der Waals surface area contributed by atoms with E-state index in [0.717, 1.165) is 33.4 Å². The van der Waals surface area contributed by atoms with E-state index in [0.29, 0.717) is 5.88 Å². The summed E-state index contributed by atoms with van der Waals surface area (Å²) in [5.74, 6) is 1.57. The Hall–Kier alpha value is -1.32. The molecule has 0 aliphatic rings. The molecule has 0 saturated heterocycles. The number of imidazole rings is 1. The molecule has 2 nitrogen and oxygen atoms in total. The Morgan fingerprint density at radius 2 is 1.90 bits per heavy atom. The van der Waals surface area contributed by atoms with Gasteiger partial charge in [0, 0.05) is 22.5 Å². The minimum atomic E-state index is 0.565. The van der Waals surface area contributed by atoms with Crippen LogP contribution in [0.4, 0.5) is 0 Å². The van der Waals surface area contributed by atoms with Gasteiger partial charge in [0.1, 0.15) is 5.82 Å². The molecule has 1 heterocycles. The lowest BCUT2D eigenvalue weighted by atomic mass is 10.2. The molecule has 0 aliphatic carbocycles. The molecule has 0 saturated carbocycles. The molecule has 4 heteroatoms. The van der Waals surface area contributed by atoms with Gasteiger partial charge in [-0.25, -0.2) is 4.98 Å². The molecule has 0 spiro atoms. The molecule has 0 amide bonds. The van der Waals surface area contributed by atoms with E-state index in [9.17, 15) is 0 Å². The summed E-state index contributed by atoms with van der Waals surface area (Å²) in [5, 5.41) is 0. The Morgan fingerprint density at radius 1 is 1.10 bits per heavy atom. The van der Waals surface area contributed by atoms with Crippen LogP contribution in [0.3, 0.4) is 0 Å². The largest absolute Gasteiger partial charge is 0.296 e. The van der Waals surface area contributed by atoms with Crippen molar-refractivity contribution < 1.29 is 0 Å². The van der Waals surface area contributed by atoms with Gasteiger partial charge in [-0.05, 0) is 55.3 Å². The Kier molecular flexibility index (Phi) is 4.05. The van der Waals surface area contributed by atoms with Gasteiger partial charge in [-0.15, -0.1) is 11.6 Å². The van der Waals surface area contributed by atoms with Crippen LogP contribution in [0.1, 0.15) is 17.0 Å². The molecule has 108 valence electrons. The quantitative estimate of drug-likeness (QED) is 0.586. The molecule has 2 aromatic carbocycles. The zero-order valence-electron chi connectivity index (χ0n) is 12.0. The van der Waals surface area contributed by atoms with E-state index in [4.69, 9.17) is 16.6 Å². The van der Waals surface area contributed by atoms with Crippen molar-refractivity contribution in [3.05, 3.63) is 57.8 Å². The Morgan fingerprint density at radius 3 is 2.62 bits per heavy atom. The molecule has 0 unspecified atom stereocenters. The van der Waals surface area contributed by atoms with E-state index < -0.39 is 0 Å². The van der Waals surface area contributed by atoms with Crippen LogP contribution in [0, 0.1) is 13.8 Å². The Balaban J connectivity index is 2.32. The summed E-state index contributed by atoms with van der Waals surface area (Å²) in [5.41, 5.74) is 5.71. The third kappa shape index (κ3) is 2.85. The first-order valence-electron chi connectivity index (χ1n) is 6.90. The van der Waals surface area contributed by atoms with Gasteiger partial charge in [0.25, 0.3) is 0 Å². The van der Waals surface area contributed by atoms with Crippen LogP contribution in [-0.2, 0) is 6.42 Å². The SMILES string of the molecule is Cc1cc(Br)cc(-n2c(CCCl)nc3ccc(C)cc32)c1. The predicted octanol–water partition coefficient (Wildman–Crippen LogP) is 5.19. The van der Waals surface area contributed by atoms with Crippen LogP contribution in [0.2, 0.25) is 0 Å². The Bertz CT molecular complexity index is 788. The molecule has 3 aromatic rings. The van der Waals surface area contributed by atoms with Crippen molar-refractivity contribution >= 4 is 38.6 Å². The van der Waals surface area contributed by atoms with E-state index in [2.05, 4.69) is 70.7 Å². The fraction of sp³-hybridized carbons (Fsp3) is 0.235. The maximum Gasteiger partial charge on any atom is 0.115 e. The highest BCUT2D eigenvalue weighted by Crippen LogP contribution is 2.26. The maximum atomic E-state index is 5.95. The number of rotatable bonds is 3. The van der Waals surface area contributed by atoms with Crippen molar-refractivity contribution in [2.24, 2.45) is 0 Å². The first-order chi connectivity index (χ1) is 10.1. The normalized spacial score (nSPS) is 11.2. The van der Waals surface area contributed by atoms with Crippen LogP contribution in [0.15, 0.2) is 40.9 Å². The van der Waals surface area contributed by atoms with Crippen LogP contribution in [0.25, 0.3) is 16.7 Å². The van der Waals surface area contributed by atoms with Crippen LogP contribution < -0.4 is 0 Å². The second-order valence-electron chi connectivity index (χ2n) is 5.28. The number of nitrogens with zero attached hydrogens (tertiary/aromatic N) is 2. The van der Waals surface area contributed by atoms with Gasteiger partial charge in [-0.1, -0.05) is 22.0 Å². The third-order valence-electron chi connectivity index (χ3n) is 3.48. The van der Waals surface area contributed by atoms with Crippen molar-refractivity contribution in [2.45, 2.75) is 20.3 Å². The molecule has 0 bridgehead atoms. The molecule has 0 radical (unpaired) electrons. The summed E-state index contributed by atoms with van der Waals surface area (Å²) in [4.78, 5) is 4.74. The van der Waals surface area contributed by atoms with Gasteiger partial charge in [0.15, 0.2) is 0 Å². The lowest BCUT2D eigenvalue weighted by molar-refractivity contribution is 0.910. The summed E-state index contributed by atoms with van der Waals surface area (Å²) in [7, 11) is 0. The second kappa shape index (κ2) is 5.82. The van der Waals surface area contributed by atoms with Gasteiger partial charge in [0.2, 0.25) is 0 Å². The minimum absolute atomic E-state index is 0.565. The van der Waals surface area contributed by atoms with Gasteiger partial charge in [-0.2, -0.15) is 0 Å². The maximum absolute atomic E-state index is 5.95. The van der Waals surface area contributed by atoms with E-state index in [1.165, 1.54) is 11.1 Å². The molecular weight excluding hydrogens is 348 g/mol. The number of fused-ring (bicyclic) bond motifs is 1. The average molecular weight is 364 g/mol. The van der Waals surface area contributed by atoms with E-state index in [1.54, 1.807) is 0 Å². The van der Waals surface area contributed by atoms with Crippen molar-refractivity contribution in [1.82, 2.24) is 9.55 Å². The van der Waals surface area contributed by atoms with Crippen molar-refractivity contribution in [2.75, 3.05) is 5.88 Å². The highest BCUT2D eigenvalue weighted by molar-refractivity contribution is 9.10. The van der Waals surface area contributed by atoms with Crippen LogP contribution >= 0.6 is 27.5 Å². The van der Waals surface area contributed by atoms with Crippen molar-refractivity contribution in [1.29, 1.82) is 0 Å². The second-order valence-corrected chi connectivity index (χ2v) is 6.58. The fourth-order valence-corrected chi connectivity index (χ4v) is 3.39. The molecular formula is C17H16BrClN2. The van der Waals surface area contributed by atoms with Gasteiger partial charge in [-0.3, -0.25) is 4.57 Å². The average Bonchev–Trinajstić information content (AvgIpc) is 2.75. The number of halogens is 2. The summed E-state index contributed by atoms with van der Waals surface area (Å²) in [6, 6.07) is 12.7. The fourth-order valence-electron chi connectivity index (χ4n) is 2.62. The highest BCUT2D eigenvalue weighted by atomic mass is 79.9. The van der Waals surface area contributed by atoms with E-state index in [-0.39, 0.29) is 0 Å². The van der Waals surface area contributed by atoms with Gasteiger partial charge < -0.3 is 0 Å². The van der Waals surface area contributed by atoms with Gasteiger partial charge >= 0.3 is 0 Å². The number of benzene rings is 2. The van der Waals surface area contributed by atoms with Crippen molar-refractivity contribution in [3.63, 3.8) is 0 Å². The first-order valence-corrected chi connectivity index (χ1v) is 8.23. The molecule has 21 heavy (non-hydrogen) atoms. The predicted molar refractivity (Wildman–Crippen MR) is 92.7 cm³/mol. The van der Waals surface area contributed by atoms with E-state index >= 15 is 0 Å². The molecule has 0 aliphatic heterocycles. The zero-order chi connectivity index (χ0) is 15.0. The van der Waals surface area contributed by atoms with E-state index in [1.807, 2.05) is 0 Å². The van der Waals surface area contributed by atoms with Crippen LogP contribution in [-0.4, -0.2) is 15.4 Å². The highest BCUT2D eigenvalue weighted by Gasteiger charge is 2.13. The third-order valence-corrected chi connectivity index (χ3v) is 4.13. The first kappa shape index (κ1) is 14.6. The zero-order valence-corrected chi connectivity index (χ0v) is 14.4. The Labute approximate surface area is 137 Å². The number of aromatic nitrogens is 2. The summed E-state index contributed by atoms with van der Waals surface area (Å²) in [6.07, 6.45) is 0.751. The van der Waals surface area contributed by atoms with Crippen LogP contribution in [0.5, 0.6) is 0 Å². The summed E-state index contributed by atoms with van der Waals surface area (Å²) in [6.45, 7) is 4.20. The number of hydrogen-bond acceptors (Lipinski definition) is 1. The number of aryl methyl sites for hydroxylation is 3. The standard InChI is InChI=1S/C17H16BrClN2/c1-11-3-4-15-16(9-11)21(17(20-15)5-6-19)14-8-12(2)7-13(18)10-14/h3-4,7-10H,5-6H2,1-2H3. The van der Waals surface area contributed by atoms with Crippen molar-refractivity contribution in [3.8, 4) is 5.69 Å². The summed E-state index contributed by atoms with van der Waals surface area (Å²) >= 11 is 9.54. The molecule has 1 aromatic heterocycles. The number of hydrogen-bond donors (Lipinski definition) is 0. The molecule has 0 N–H and O–H groups in total. The van der Waals surface area contributed by atoms with Gasteiger partial charge in [0.05, 0.1) is 11.0 Å². The lowest BCUT2D eigenvalue weighted by Crippen LogP contribution is -2.02. The topological polar surface area (TPSA) is 17.8 Å². The summed E-state index contributed by atoms with van der Waals surface area (Å²) < 4.78 is 3.28. The lowest BCUT2D eigenvalue weighted by Gasteiger charge is -2.10. The minimum Gasteiger partial charge on any atom is -0.296 e. The monoisotopic (exact) mass is 362 g/mol. The number of alkyl halides is 1. The molecule has 0 fully saturated rings. The smallest absolute Gasteiger partial charge is 0.115 e. The molecule has 3 rings (SSSR count). The molecule has 0 atom stereocenters.